The zero-order valence-electron chi connectivity index (χ0n) is 12.0. The first kappa shape index (κ1) is 16.4. The topological polar surface area (TPSA) is 38.3 Å². The van der Waals surface area contributed by atoms with Gasteiger partial charge < -0.3 is 10.1 Å². The molecule has 0 unspecified atom stereocenters. The highest BCUT2D eigenvalue weighted by molar-refractivity contribution is 6.35. The van der Waals surface area contributed by atoms with Crippen molar-refractivity contribution in [2.45, 2.75) is 6.92 Å². The summed E-state index contributed by atoms with van der Waals surface area (Å²) in [6.07, 6.45) is 2.98. The van der Waals surface area contributed by atoms with E-state index in [2.05, 4.69) is 5.32 Å². The second-order valence-corrected chi connectivity index (χ2v) is 5.27. The Balaban J connectivity index is 2.00. The molecule has 22 heavy (non-hydrogen) atoms. The summed E-state index contributed by atoms with van der Waals surface area (Å²) in [5.41, 5.74) is 1.23. The quantitative estimate of drug-likeness (QED) is 0.582. The molecule has 0 amide bonds. The lowest BCUT2D eigenvalue weighted by Gasteiger charge is -2.04. The van der Waals surface area contributed by atoms with Crippen molar-refractivity contribution < 1.29 is 9.53 Å². The third-order valence-corrected chi connectivity index (χ3v) is 3.42. The molecule has 0 aromatic heterocycles. The van der Waals surface area contributed by atoms with Crippen LogP contribution < -0.4 is 10.1 Å². The van der Waals surface area contributed by atoms with Crippen LogP contribution in [-0.4, -0.2) is 12.4 Å². The van der Waals surface area contributed by atoms with Gasteiger partial charge in [-0.1, -0.05) is 23.2 Å². The Morgan fingerprint density at radius 1 is 1.18 bits per heavy atom. The minimum atomic E-state index is -0.117. The number of carbonyl (C=O) groups is 1. The highest BCUT2D eigenvalue weighted by atomic mass is 35.5. The van der Waals surface area contributed by atoms with Crippen LogP contribution in [0.25, 0.3) is 0 Å². The summed E-state index contributed by atoms with van der Waals surface area (Å²) in [7, 11) is 0. The van der Waals surface area contributed by atoms with Crippen LogP contribution in [0, 0.1) is 0 Å². The molecule has 2 aromatic rings. The van der Waals surface area contributed by atoms with E-state index >= 15 is 0 Å². The van der Waals surface area contributed by atoms with Gasteiger partial charge in [0.05, 0.1) is 17.3 Å². The summed E-state index contributed by atoms with van der Waals surface area (Å²) >= 11 is 11.9. The van der Waals surface area contributed by atoms with Crippen molar-refractivity contribution in [3.63, 3.8) is 0 Å². The van der Waals surface area contributed by atoms with Crippen LogP contribution >= 0.6 is 23.2 Å². The lowest BCUT2D eigenvalue weighted by Crippen LogP contribution is -1.97. The molecule has 114 valence electrons. The summed E-state index contributed by atoms with van der Waals surface area (Å²) < 4.78 is 5.34. The van der Waals surface area contributed by atoms with E-state index in [-0.39, 0.29) is 5.78 Å². The van der Waals surface area contributed by atoms with E-state index in [1.807, 2.05) is 6.92 Å². The molecule has 0 aliphatic rings. The fourth-order valence-corrected chi connectivity index (χ4v) is 2.14. The minimum absolute atomic E-state index is 0.117. The first-order chi connectivity index (χ1) is 10.6. The van der Waals surface area contributed by atoms with E-state index in [0.717, 1.165) is 5.75 Å². The normalized spacial score (nSPS) is 10.7. The van der Waals surface area contributed by atoms with Crippen molar-refractivity contribution in [2.24, 2.45) is 0 Å². The van der Waals surface area contributed by atoms with Crippen LogP contribution in [0.2, 0.25) is 10.0 Å². The van der Waals surface area contributed by atoms with Gasteiger partial charge in [-0.15, -0.1) is 0 Å². The van der Waals surface area contributed by atoms with E-state index in [1.54, 1.807) is 42.5 Å². The molecule has 2 aromatic carbocycles. The number of ketones is 1. The van der Waals surface area contributed by atoms with Gasteiger partial charge in [-0.25, -0.2) is 0 Å². The van der Waals surface area contributed by atoms with Crippen molar-refractivity contribution in [2.75, 3.05) is 11.9 Å². The first-order valence-corrected chi connectivity index (χ1v) is 7.51. The van der Waals surface area contributed by atoms with Crippen LogP contribution in [-0.2, 0) is 0 Å². The highest BCUT2D eigenvalue weighted by Gasteiger charge is 2.03. The van der Waals surface area contributed by atoms with Gasteiger partial charge in [0.25, 0.3) is 0 Å². The van der Waals surface area contributed by atoms with Gasteiger partial charge in [0.15, 0.2) is 5.78 Å². The van der Waals surface area contributed by atoms with Crippen molar-refractivity contribution in [1.29, 1.82) is 0 Å². The molecule has 0 saturated carbocycles. The lowest BCUT2D eigenvalue weighted by molar-refractivity contribution is 0.104. The number of nitrogens with one attached hydrogen (secondary N) is 1. The van der Waals surface area contributed by atoms with Crippen LogP contribution in [0.3, 0.4) is 0 Å². The molecule has 0 spiro atoms. The van der Waals surface area contributed by atoms with Crippen molar-refractivity contribution in [1.82, 2.24) is 0 Å². The van der Waals surface area contributed by atoms with E-state index in [9.17, 15) is 4.79 Å². The van der Waals surface area contributed by atoms with E-state index in [4.69, 9.17) is 27.9 Å². The van der Waals surface area contributed by atoms with Crippen LogP contribution in [0.4, 0.5) is 5.69 Å². The third-order valence-electron chi connectivity index (χ3n) is 2.85. The molecule has 0 aliphatic heterocycles. The first-order valence-electron chi connectivity index (χ1n) is 6.75. The van der Waals surface area contributed by atoms with Gasteiger partial charge in [0, 0.05) is 22.9 Å². The Labute approximate surface area is 139 Å². The van der Waals surface area contributed by atoms with Crippen LogP contribution in [0.15, 0.2) is 54.7 Å². The maximum Gasteiger partial charge on any atom is 0.187 e. The van der Waals surface area contributed by atoms with Gasteiger partial charge in [0.2, 0.25) is 0 Å². The van der Waals surface area contributed by atoms with Gasteiger partial charge in [-0.2, -0.15) is 0 Å². The maximum atomic E-state index is 12.0. The average molecular weight is 336 g/mol. The molecule has 5 heteroatoms. The summed E-state index contributed by atoms with van der Waals surface area (Å²) in [6.45, 7) is 2.51. The van der Waals surface area contributed by atoms with Crippen molar-refractivity contribution in [3.8, 4) is 5.75 Å². The predicted octanol–water partition coefficient (Wildman–Crippen LogP) is 5.20. The van der Waals surface area contributed by atoms with E-state index < -0.39 is 0 Å². The van der Waals surface area contributed by atoms with Crippen LogP contribution in [0.1, 0.15) is 17.3 Å². The Hall–Kier alpha value is -1.97. The SMILES string of the molecule is CCOc1ccc(C(=O)C=CNc2cc(Cl)ccc2Cl)cc1. The van der Waals surface area contributed by atoms with Crippen LogP contribution in [0.5, 0.6) is 5.75 Å². The van der Waals surface area contributed by atoms with Gasteiger partial charge >= 0.3 is 0 Å². The Kier molecular flexibility index (Phi) is 5.87. The number of anilines is 1. The zero-order valence-corrected chi connectivity index (χ0v) is 13.5. The molecule has 0 radical (unpaired) electrons. The molecule has 2 rings (SSSR count). The number of benzene rings is 2. The Bertz CT molecular complexity index is 682. The van der Waals surface area contributed by atoms with E-state index in [1.165, 1.54) is 12.3 Å². The molecular weight excluding hydrogens is 321 g/mol. The van der Waals surface area contributed by atoms with Gasteiger partial charge in [-0.3, -0.25) is 4.79 Å². The standard InChI is InChI=1S/C17H15Cl2NO2/c1-2-22-14-6-3-12(4-7-14)17(21)9-10-20-16-11-13(18)5-8-15(16)19/h3-11,20H,2H2,1H3. The number of hydrogen-bond acceptors (Lipinski definition) is 3. The molecule has 0 aliphatic carbocycles. The molecule has 1 N–H and O–H groups in total. The molecule has 0 saturated heterocycles. The number of allylic oxidation sites excluding steroid dienone is 1. The van der Waals surface area contributed by atoms with Crippen molar-refractivity contribution in [3.05, 3.63) is 70.3 Å². The molecule has 0 atom stereocenters. The smallest absolute Gasteiger partial charge is 0.187 e. The summed E-state index contributed by atoms with van der Waals surface area (Å²) in [5, 5.41) is 4.04. The van der Waals surface area contributed by atoms with E-state index in [0.29, 0.717) is 27.9 Å². The Morgan fingerprint density at radius 2 is 1.91 bits per heavy atom. The number of carbonyl (C=O) groups excluding carboxylic acids is 1. The summed E-state index contributed by atoms with van der Waals surface area (Å²) in [4.78, 5) is 12.0. The lowest BCUT2D eigenvalue weighted by atomic mass is 10.1. The molecule has 0 bridgehead atoms. The average Bonchev–Trinajstić information content (AvgIpc) is 2.51. The molecular formula is C17H15Cl2NO2. The number of hydrogen-bond donors (Lipinski definition) is 1. The largest absolute Gasteiger partial charge is 0.494 e. The van der Waals surface area contributed by atoms with Crippen molar-refractivity contribution >= 4 is 34.7 Å². The zero-order chi connectivity index (χ0) is 15.9. The fraction of sp³-hybridized carbons (Fsp3) is 0.118. The Morgan fingerprint density at radius 3 is 2.59 bits per heavy atom. The molecule has 3 nitrogen and oxygen atoms in total. The third kappa shape index (κ3) is 4.52. The monoisotopic (exact) mass is 335 g/mol. The second kappa shape index (κ2) is 7.87. The number of rotatable bonds is 6. The molecule has 0 fully saturated rings. The molecule has 0 heterocycles. The fourth-order valence-electron chi connectivity index (χ4n) is 1.79. The highest BCUT2D eigenvalue weighted by Crippen LogP contribution is 2.25. The maximum absolute atomic E-state index is 12.0. The number of halogens is 2. The summed E-state index contributed by atoms with van der Waals surface area (Å²) in [5.74, 6) is 0.626. The summed E-state index contributed by atoms with van der Waals surface area (Å²) in [6, 6.07) is 12.1. The van der Waals surface area contributed by atoms with Gasteiger partial charge in [0.1, 0.15) is 5.75 Å². The minimum Gasteiger partial charge on any atom is -0.494 e. The predicted molar refractivity (Wildman–Crippen MR) is 91.2 cm³/mol. The number of ether oxygens (including phenoxy) is 1. The van der Waals surface area contributed by atoms with Gasteiger partial charge in [-0.05, 0) is 49.4 Å². The second-order valence-electron chi connectivity index (χ2n) is 4.42.